The number of nitrogens with zero attached hydrogens (tertiary/aromatic N) is 3. The molecule has 1 atom stereocenters. The smallest absolute Gasteiger partial charge is 0.0710 e. The Balaban J connectivity index is 1.41. The van der Waals surface area contributed by atoms with Gasteiger partial charge in [0, 0.05) is 49.2 Å². The van der Waals surface area contributed by atoms with Crippen molar-refractivity contribution >= 4 is 17.3 Å². The van der Waals surface area contributed by atoms with Crippen LogP contribution in [0.25, 0.3) is 11.3 Å². The predicted molar refractivity (Wildman–Crippen MR) is 105 cm³/mol. The Morgan fingerprint density at radius 1 is 1.19 bits per heavy atom. The second-order valence-electron chi connectivity index (χ2n) is 6.63. The molecule has 5 nitrogen and oxygen atoms in total. The fourth-order valence-electron chi connectivity index (χ4n) is 3.53. The van der Waals surface area contributed by atoms with Gasteiger partial charge < -0.3 is 10.2 Å². The highest BCUT2D eigenvalue weighted by Gasteiger charge is 2.21. The minimum absolute atomic E-state index is 0.427. The molecule has 0 radical (unpaired) electrons. The molecule has 1 aliphatic rings. The molecule has 0 bridgehead atoms. The third kappa shape index (κ3) is 3.74. The van der Waals surface area contributed by atoms with E-state index in [9.17, 15) is 0 Å². The van der Waals surface area contributed by atoms with Gasteiger partial charge in [-0.15, -0.1) is 0 Å². The van der Waals surface area contributed by atoms with Gasteiger partial charge in [-0.3, -0.25) is 10.1 Å². The first-order valence-electron chi connectivity index (χ1n) is 8.97. The van der Waals surface area contributed by atoms with Crippen LogP contribution in [-0.4, -0.2) is 34.3 Å². The Morgan fingerprint density at radius 2 is 2.12 bits per heavy atom. The lowest BCUT2D eigenvalue weighted by molar-refractivity contribution is 0.422. The first-order valence-corrected chi connectivity index (χ1v) is 9.34. The molecular weight excluding hydrogens is 346 g/mol. The number of rotatable bonds is 5. The van der Waals surface area contributed by atoms with E-state index in [1.165, 1.54) is 6.42 Å². The van der Waals surface area contributed by atoms with Gasteiger partial charge in [0.1, 0.15) is 0 Å². The van der Waals surface area contributed by atoms with Gasteiger partial charge in [-0.1, -0.05) is 23.7 Å². The number of hydrogen-bond acceptors (Lipinski definition) is 4. The summed E-state index contributed by atoms with van der Waals surface area (Å²) in [5.74, 6) is 0. The van der Waals surface area contributed by atoms with E-state index in [1.54, 1.807) is 6.20 Å². The van der Waals surface area contributed by atoms with E-state index >= 15 is 0 Å². The Labute approximate surface area is 158 Å². The van der Waals surface area contributed by atoms with Gasteiger partial charge in [0.2, 0.25) is 0 Å². The maximum absolute atomic E-state index is 6.37. The molecule has 134 valence electrons. The van der Waals surface area contributed by atoms with E-state index in [0.717, 1.165) is 53.6 Å². The quantitative estimate of drug-likeness (QED) is 0.718. The molecule has 26 heavy (non-hydrogen) atoms. The Kier molecular flexibility index (Phi) is 5.18. The number of para-hydroxylation sites is 1. The molecule has 1 aliphatic heterocycles. The highest BCUT2D eigenvalue weighted by molar-refractivity contribution is 6.33. The molecule has 3 heterocycles. The number of H-pyrrole nitrogens is 1. The summed E-state index contributed by atoms with van der Waals surface area (Å²) in [6.45, 7) is 2.79. The molecule has 1 saturated heterocycles. The minimum atomic E-state index is 0.427. The maximum Gasteiger partial charge on any atom is 0.0710 e. The van der Waals surface area contributed by atoms with Crippen LogP contribution >= 0.6 is 11.6 Å². The average molecular weight is 368 g/mol. The zero-order valence-electron chi connectivity index (χ0n) is 14.5. The normalized spacial score (nSPS) is 17.4. The van der Waals surface area contributed by atoms with Crippen LogP contribution in [0.5, 0.6) is 0 Å². The highest BCUT2D eigenvalue weighted by atomic mass is 35.5. The Morgan fingerprint density at radius 3 is 2.96 bits per heavy atom. The SMILES string of the molecule is Clc1ccccc1N1CCCC(NCc2cn[nH]c2-c2cccnc2)C1. The summed E-state index contributed by atoms with van der Waals surface area (Å²) in [5, 5.41) is 11.8. The molecule has 1 fully saturated rings. The van der Waals surface area contributed by atoms with Crippen LogP contribution in [0.3, 0.4) is 0 Å². The van der Waals surface area contributed by atoms with Crippen molar-refractivity contribution in [3.05, 3.63) is 65.6 Å². The molecule has 2 N–H and O–H groups in total. The minimum Gasteiger partial charge on any atom is -0.369 e. The van der Waals surface area contributed by atoms with E-state index in [-0.39, 0.29) is 0 Å². The van der Waals surface area contributed by atoms with Crippen LogP contribution in [0.2, 0.25) is 5.02 Å². The lowest BCUT2D eigenvalue weighted by Gasteiger charge is -2.35. The van der Waals surface area contributed by atoms with Crippen molar-refractivity contribution in [2.24, 2.45) is 0 Å². The van der Waals surface area contributed by atoms with E-state index < -0.39 is 0 Å². The summed E-state index contributed by atoms with van der Waals surface area (Å²) in [7, 11) is 0. The number of halogens is 1. The van der Waals surface area contributed by atoms with E-state index in [1.807, 2.05) is 42.7 Å². The number of nitrogens with one attached hydrogen (secondary N) is 2. The third-order valence-electron chi connectivity index (χ3n) is 4.86. The first kappa shape index (κ1) is 17.1. The number of aromatic nitrogens is 3. The number of pyridine rings is 1. The number of hydrogen-bond donors (Lipinski definition) is 2. The van der Waals surface area contributed by atoms with Gasteiger partial charge in [0.05, 0.1) is 22.6 Å². The van der Waals surface area contributed by atoms with Gasteiger partial charge in [-0.05, 0) is 37.1 Å². The summed E-state index contributed by atoms with van der Waals surface area (Å²) in [6.07, 6.45) is 7.86. The van der Waals surface area contributed by atoms with Crippen LogP contribution in [-0.2, 0) is 6.54 Å². The molecule has 6 heteroatoms. The molecule has 0 aliphatic carbocycles. The Hall–Kier alpha value is -2.37. The molecule has 1 aromatic carbocycles. The van der Waals surface area contributed by atoms with Gasteiger partial charge in [0.15, 0.2) is 0 Å². The second kappa shape index (κ2) is 7.89. The molecule has 4 rings (SSSR count). The summed E-state index contributed by atoms with van der Waals surface area (Å²) in [6, 6.07) is 12.5. The van der Waals surface area contributed by atoms with Crippen LogP contribution in [0.4, 0.5) is 5.69 Å². The number of aromatic amines is 1. The van der Waals surface area contributed by atoms with Gasteiger partial charge >= 0.3 is 0 Å². The number of benzene rings is 1. The lowest BCUT2D eigenvalue weighted by Crippen LogP contribution is -2.45. The monoisotopic (exact) mass is 367 g/mol. The highest BCUT2D eigenvalue weighted by Crippen LogP contribution is 2.28. The zero-order chi connectivity index (χ0) is 17.8. The largest absolute Gasteiger partial charge is 0.369 e. The summed E-state index contributed by atoms with van der Waals surface area (Å²) in [4.78, 5) is 6.57. The topological polar surface area (TPSA) is 56.8 Å². The van der Waals surface area contributed by atoms with Crippen LogP contribution < -0.4 is 10.2 Å². The molecule has 2 aromatic heterocycles. The van der Waals surface area contributed by atoms with E-state index in [2.05, 4.69) is 31.5 Å². The predicted octanol–water partition coefficient (Wildman–Crippen LogP) is 3.88. The molecule has 0 saturated carbocycles. The lowest BCUT2D eigenvalue weighted by atomic mass is 10.0. The average Bonchev–Trinajstić information content (AvgIpc) is 3.16. The zero-order valence-corrected chi connectivity index (χ0v) is 15.3. The van der Waals surface area contributed by atoms with Gasteiger partial charge in [-0.25, -0.2) is 0 Å². The maximum atomic E-state index is 6.37. The molecular formula is C20H22ClN5. The van der Waals surface area contributed by atoms with Gasteiger partial charge in [0.25, 0.3) is 0 Å². The standard InChI is InChI=1S/C20H22ClN5/c21-18-7-1-2-8-19(18)26-10-4-6-17(14-26)23-12-16-13-24-25-20(16)15-5-3-9-22-11-15/h1-3,5,7-9,11,13,17,23H,4,6,10,12,14H2,(H,24,25). The number of piperidine rings is 1. The van der Waals surface area contributed by atoms with E-state index in [4.69, 9.17) is 11.6 Å². The molecule has 3 aromatic rings. The van der Waals surface area contributed by atoms with Crippen LogP contribution in [0.1, 0.15) is 18.4 Å². The van der Waals surface area contributed by atoms with Crippen molar-refractivity contribution < 1.29 is 0 Å². The van der Waals surface area contributed by atoms with Crippen molar-refractivity contribution in [2.45, 2.75) is 25.4 Å². The van der Waals surface area contributed by atoms with Gasteiger partial charge in [-0.2, -0.15) is 5.10 Å². The van der Waals surface area contributed by atoms with Crippen LogP contribution in [0, 0.1) is 0 Å². The summed E-state index contributed by atoms with van der Waals surface area (Å²) in [5.41, 5.74) is 4.38. The van der Waals surface area contributed by atoms with Crippen molar-refractivity contribution in [3.8, 4) is 11.3 Å². The van der Waals surface area contributed by atoms with Crippen molar-refractivity contribution in [1.82, 2.24) is 20.5 Å². The van der Waals surface area contributed by atoms with Crippen molar-refractivity contribution in [1.29, 1.82) is 0 Å². The molecule has 0 spiro atoms. The van der Waals surface area contributed by atoms with Crippen molar-refractivity contribution in [2.75, 3.05) is 18.0 Å². The number of anilines is 1. The molecule has 0 amide bonds. The summed E-state index contributed by atoms with van der Waals surface area (Å²) < 4.78 is 0. The molecule has 1 unspecified atom stereocenters. The Bertz CT molecular complexity index is 848. The van der Waals surface area contributed by atoms with Crippen molar-refractivity contribution in [3.63, 3.8) is 0 Å². The van der Waals surface area contributed by atoms with Crippen LogP contribution in [0.15, 0.2) is 55.0 Å². The fraction of sp³-hybridized carbons (Fsp3) is 0.300. The van der Waals surface area contributed by atoms with E-state index in [0.29, 0.717) is 6.04 Å². The second-order valence-corrected chi connectivity index (χ2v) is 7.04. The first-order chi connectivity index (χ1) is 12.8. The summed E-state index contributed by atoms with van der Waals surface area (Å²) >= 11 is 6.37. The third-order valence-corrected chi connectivity index (χ3v) is 5.18. The fourth-order valence-corrected chi connectivity index (χ4v) is 3.79.